The number of carbonyl (C=O) groups is 1. The molecule has 0 amide bonds. The van der Waals surface area contributed by atoms with E-state index in [-0.39, 0.29) is 11.2 Å². The third kappa shape index (κ3) is 3.11. The Hall–Kier alpha value is -2.41. The van der Waals surface area contributed by atoms with Crippen molar-refractivity contribution in [2.75, 3.05) is 18.5 Å². The number of aliphatic imine (C=N–C) groups is 1. The van der Waals surface area contributed by atoms with Crippen molar-refractivity contribution in [1.29, 1.82) is 5.26 Å². The highest BCUT2D eigenvalue weighted by Crippen LogP contribution is 2.46. The molecule has 2 aliphatic rings. The monoisotopic (exact) mass is 335 g/mol. The lowest BCUT2D eigenvalue weighted by Crippen LogP contribution is -2.27. The number of benzene rings is 1. The SMILES string of the molecule is CN1/C(=C\C(=O)C(C#N)C2=NCCCCC2)C(C)(C)c2ccccc21. The Balaban J connectivity index is 1.93. The summed E-state index contributed by atoms with van der Waals surface area (Å²) in [7, 11) is 1.98. The Kier molecular flexibility index (Phi) is 4.76. The van der Waals surface area contributed by atoms with Crippen LogP contribution in [0.1, 0.15) is 45.1 Å². The van der Waals surface area contributed by atoms with Gasteiger partial charge in [0, 0.05) is 42.2 Å². The van der Waals surface area contributed by atoms with Crippen LogP contribution in [-0.4, -0.2) is 25.1 Å². The summed E-state index contributed by atoms with van der Waals surface area (Å²) in [6.45, 7) is 4.98. The average molecular weight is 335 g/mol. The smallest absolute Gasteiger partial charge is 0.180 e. The lowest BCUT2D eigenvalue weighted by molar-refractivity contribution is -0.115. The molecule has 1 aromatic carbocycles. The molecule has 0 spiro atoms. The Morgan fingerprint density at radius 1 is 1.32 bits per heavy atom. The van der Waals surface area contributed by atoms with Gasteiger partial charge in [0.05, 0.1) is 6.07 Å². The molecule has 130 valence electrons. The number of carbonyl (C=O) groups excluding carboxylic acids is 1. The molecule has 4 heteroatoms. The Morgan fingerprint density at radius 3 is 2.80 bits per heavy atom. The van der Waals surface area contributed by atoms with E-state index in [1.165, 1.54) is 5.56 Å². The molecule has 1 atom stereocenters. The predicted molar refractivity (Wildman–Crippen MR) is 101 cm³/mol. The van der Waals surface area contributed by atoms with Crippen molar-refractivity contribution in [3.63, 3.8) is 0 Å². The highest BCUT2D eigenvalue weighted by Gasteiger charge is 2.39. The van der Waals surface area contributed by atoms with Gasteiger partial charge in [0.15, 0.2) is 5.78 Å². The summed E-state index contributed by atoms with van der Waals surface area (Å²) in [6.07, 6.45) is 5.60. The molecular weight excluding hydrogens is 310 g/mol. The van der Waals surface area contributed by atoms with Crippen LogP contribution in [0.4, 0.5) is 5.69 Å². The number of hydrogen-bond acceptors (Lipinski definition) is 4. The van der Waals surface area contributed by atoms with Gasteiger partial charge >= 0.3 is 0 Å². The topological polar surface area (TPSA) is 56.5 Å². The van der Waals surface area contributed by atoms with Gasteiger partial charge in [-0.3, -0.25) is 9.79 Å². The zero-order chi connectivity index (χ0) is 18.0. The number of hydrogen-bond donors (Lipinski definition) is 0. The van der Waals surface area contributed by atoms with Crippen LogP contribution in [0, 0.1) is 17.2 Å². The number of ketones is 1. The van der Waals surface area contributed by atoms with Gasteiger partial charge in [-0.25, -0.2) is 0 Å². The summed E-state index contributed by atoms with van der Waals surface area (Å²) in [5.41, 5.74) is 3.77. The zero-order valence-corrected chi connectivity index (χ0v) is 15.2. The molecule has 1 unspecified atom stereocenters. The molecule has 0 saturated carbocycles. The van der Waals surface area contributed by atoms with Gasteiger partial charge in [0.1, 0.15) is 5.92 Å². The second-order valence-electron chi connectivity index (χ2n) is 7.38. The molecule has 0 saturated heterocycles. The van der Waals surface area contributed by atoms with Crippen molar-refractivity contribution in [1.82, 2.24) is 0 Å². The van der Waals surface area contributed by atoms with Crippen molar-refractivity contribution in [3.05, 3.63) is 41.6 Å². The molecule has 1 aromatic rings. The number of likely N-dealkylation sites (N-methyl/N-ethyl adjacent to an activating group) is 1. The lowest BCUT2D eigenvalue weighted by atomic mass is 9.82. The maximum Gasteiger partial charge on any atom is 0.180 e. The Bertz CT molecular complexity index is 783. The number of anilines is 1. The minimum atomic E-state index is -0.751. The van der Waals surface area contributed by atoms with Gasteiger partial charge in [-0.1, -0.05) is 38.5 Å². The number of para-hydroxylation sites is 1. The zero-order valence-electron chi connectivity index (χ0n) is 15.2. The molecule has 0 N–H and O–H groups in total. The fourth-order valence-corrected chi connectivity index (χ4v) is 3.91. The molecule has 25 heavy (non-hydrogen) atoms. The summed E-state index contributed by atoms with van der Waals surface area (Å²) in [5.74, 6) is -0.899. The summed E-state index contributed by atoms with van der Waals surface area (Å²) in [6, 6.07) is 10.4. The maximum atomic E-state index is 12.9. The molecular formula is C21H25N3O. The number of nitriles is 1. The Morgan fingerprint density at radius 2 is 2.08 bits per heavy atom. The van der Waals surface area contributed by atoms with Gasteiger partial charge in [-0.2, -0.15) is 5.26 Å². The fraction of sp³-hybridized carbons (Fsp3) is 0.476. The predicted octanol–water partition coefficient (Wildman–Crippen LogP) is 4.02. The molecule has 2 aliphatic heterocycles. The van der Waals surface area contributed by atoms with Crippen LogP contribution in [0.2, 0.25) is 0 Å². The van der Waals surface area contributed by atoms with Gasteiger partial charge < -0.3 is 4.90 Å². The van der Waals surface area contributed by atoms with E-state index in [2.05, 4.69) is 41.9 Å². The van der Waals surface area contributed by atoms with Crippen LogP contribution in [0.5, 0.6) is 0 Å². The molecule has 0 bridgehead atoms. The third-order valence-corrected chi connectivity index (χ3v) is 5.37. The average Bonchev–Trinajstić information content (AvgIpc) is 2.81. The first-order valence-corrected chi connectivity index (χ1v) is 8.99. The second kappa shape index (κ2) is 6.84. The van der Waals surface area contributed by atoms with Gasteiger partial charge in [-0.15, -0.1) is 0 Å². The van der Waals surface area contributed by atoms with Crippen LogP contribution in [-0.2, 0) is 10.2 Å². The first-order chi connectivity index (χ1) is 12.0. The quantitative estimate of drug-likeness (QED) is 0.784. The molecule has 4 nitrogen and oxygen atoms in total. The van der Waals surface area contributed by atoms with Gasteiger partial charge in [0.25, 0.3) is 0 Å². The van der Waals surface area contributed by atoms with E-state index >= 15 is 0 Å². The lowest BCUT2D eigenvalue weighted by Gasteiger charge is -2.24. The van der Waals surface area contributed by atoms with Crippen LogP contribution in [0.15, 0.2) is 41.0 Å². The summed E-state index contributed by atoms with van der Waals surface area (Å²) < 4.78 is 0. The van der Waals surface area contributed by atoms with Gasteiger partial charge in [-0.05, 0) is 30.9 Å². The van der Waals surface area contributed by atoms with Crippen LogP contribution >= 0.6 is 0 Å². The van der Waals surface area contributed by atoms with Crippen molar-refractivity contribution in [3.8, 4) is 6.07 Å². The van der Waals surface area contributed by atoms with E-state index in [1.807, 2.05) is 19.2 Å². The molecule has 0 aliphatic carbocycles. The van der Waals surface area contributed by atoms with E-state index in [1.54, 1.807) is 6.08 Å². The summed E-state index contributed by atoms with van der Waals surface area (Å²) >= 11 is 0. The van der Waals surface area contributed by atoms with Gasteiger partial charge in [0.2, 0.25) is 0 Å². The van der Waals surface area contributed by atoms with Crippen molar-refractivity contribution in [2.24, 2.45) is 10.9 Å². The summed E-state index contributed by atoms with van der Waals surface area (Å²) in [5, 5.41) is 9.59. The van der Waals surface area contributed by atoms with E-state index < -0.39 is 5.92 Å². The number of rotatable bonds is 3. The molecule has 0 radical (unpaired) electrons. The standard InChI is InChI=1S/C21H25N3O/c1-21(2)16-9-6-7-11-18(16)24(3)20(21)13-19(25)15(14-22)17-10-5-4-8-12-23-17/h6-7,9,11,13,15H,4-5,8,10,12H2,1-3H3/b20-13-. The minimum absolute atomic E-state index is 0.147. The molecule has 0 fully saturated rings. The first-order valence-electron chi connectivity index (χ1n) is 8.99. The minimum Gasteiger partial charge on any atom is -0.347 e. The van der Waals surface area contributed by atoms with E-state index in [0.29, 0.717) is 0 Å². The molecule has 3 rings (SSSR count). The van der Waals surface area contributed by atoms with Crippen molar-refractivity contribution >= 4 is 17.2 Å². The number of fused-ring (bicyclic) bond motifs is 1. The first kappa shape index (κ1) is 17.4. The number of allylic oxidation sites excluding steroid dienone is 2. The number of nitrogens with zero attached hydrogens (tertiary/aromatic N) is 3. The molecule has 0 aromatic heterocycles. The summed E-state index contributed by atoms with van der Waals surface area (Å²) in [4.78, 5) is 19.5. The van der Waals surface area contributed by atoms with E-state index in [0.717, 1.165) is 49.3 Å². The highest BCUT2D eigenvalue weighted by molar-refractivity contribution is 6.12. The normalized spacial score (nSPS) is 21.9. The van der Waals surface area contributed by atoms with Crippen LogP contribution < -0.4 is 4.90 Å². The van der Waals surface area contributed by atoms with Crippen molar-refractivity contribution < 1.29 is 4.79 Å². The maximum absolute atomic E-state index is 12.9. The molecule has 2 heterocycles. The fourth-order valence-electron chi connectivity index (χ4n) is 3.91. The van der Waals surface area contributed by atoms with E-state index in [9.17, 15) is 10.1 Å². The largest absolute Gasteiger partial charge is 0.347 e. The van der Waals surface area contributed by atoms with E-state index in [4.69, 9.17) is 0 Å². The van der Waals surface area contributed by atoms with Crippen LogP contribution in [0.3, 0.4) is 0 Å². The highest BCUT2D eigenvalue weighted by atomic mass is 16.1. The Labute approximate surface area is 149 Å². The second-order valence-corrected chi connectivity index (χ2v) is 7.38. The van der Waals surface area contributed by atoms with Crippen LogP contribution in [0.25, 0.3) is 0 Å². The third-order valence-electron chi connectivity index (χ3n) is 5.37. The van der Waals surface area contributed by atoms with Crippen molar-refractivity contribution in [2.45, 2.75) is 44.9 Å².